The average Bonchev–Trinajstić information content (AvgIpc) is 1.94. The maximum absolute atomic E-state index is 12.7. The van der Waals surface area contributed by atoms with E-state index in [0.717, 1.165) is 0 Å². The summed E-state index contributed by atoms with van der Waals surface area (Å²) in [5.74, 6) is -0.0672. The highest BCUT2D eigenvalue weighted by Crippen LogP contribution is 2.27. The summed E-state index contributed by atoms with van der Waals surface area (Å²) in [4.78, 5) is 3.48. The smallest absolute Gasteiger partial charge is 0.216 e. The molecule has 1 aromatic rings. The molecule has 1 rings (SSSR count). The SMILES string of the molecule is CC(C)(C)Oc1cc(F)ncc1Br. The molecule has 4 heteroatoms. The summed E-state index contributed by atoms with van der Waals surface area (Å²) < 4.78 is 18.9. The van der Waals surface area contributed by atoms with E-state index in [1.165, 1.54) is 12.3 Å². The molecule has 0 amide bonds. The first-order chi connectivity index (χ1) is 5.88. The third kappa shape index (κ3) is 3.30. The summed E-state index contributed by atoms with van der Waals surface area (Å²) in [5, 5.41) is 0. The molecule has 0 saturated carbocycles. The molecule has 0 aromatic carbocycles. The summed E-state index contributed by atoms with van der Waals surface area (Å²) in [5.41, 5.74) is -0.337. The number of aromatic nitrogens is 1. The Morgan fingerprint density at radius 1 is 1.46 bits per heavy atom. The zero-order valence-electron chi connectivity index (χ0n) is 7.77. The van der Waals surface area contributed by atoms with Crippen LogP contribution in [0.4, 0.5) is 4.39 Å². The van der Waals surface area contributed by atoms with E-state index in [-0.39, 0.29) is 5.60 Å². The van der Waals surface area contributed by atoms with Gasteiger partial charge in [0.2, 0.25) is 5.95 Å². The normalized spacial score (nSPS) is 11.5. The molecule has 0 unspecified atom stereocenters. The first-order valence-corrected chi connectivity index (χ1v) is 4.68. The Bertz CT molecular complexity index is 309. The Balaban J connectivity index is 2.94. The van der Waals surface area contributed by atoms with Gasteiger partial charge in [0.05, 0.1) is 4.47 Å². The maximum atomic E-state index is 12.7. The number of ether oxygens (including phenoxy) is 1. The summed E-state index contributed by atoms with van der Waals surface area (Å²) in [6.45, 7) is 5.70. The molecule has 13 heavy (non-hydrogen) atoms. The van der Waals surface area contributed by atoms with Crippen molar-refractivity contribution in [1.82, 2.24) is 4.98 Å². The topological polar surface area (TPSA) is 22.1 Å². The van der Waals surface area contributed by atoms with E-state index >= 15 is 0 Å². The Labute approximate surface area is 85.3 Å². The van der Waals surface area contributed by atoms with Crippen LogP contribution in [-0.2, 0) is 0 Å². The van der Waals surface area contributed by atoms with Crippen LogP contribution in [-0.4, -0.2) is 10.6 Å². The third-order valence-corrected chi connectivity index (χ3v) is 1.80. The summed E-state index contributed by atoms with van der Waals surface area (Å²) >= 11 is 3.23. The largest absolute Gasteiger partial charge is 0.487 e. The van der Waals surface area contributed by atoms with Gasteiger partial charge in [-0.3, -0.25) is 0 Å². The summed E-state index contributed by atoms with van der Waals surface area (Å²) in [6, 6.07) is 1.26. The minimum atomic E-state index is -0.539. The minimum absolute atomic E-state index is 0.337. The van der Waals surface area contributed by atoms with Crippen LogP contribution >= 0.6 is 15.9 Å². The van der Waals surface area contributed by atoms with Crippen molar-refractivity contribution in [2.45, 2.75) is 26.4 Å². The van der Waals surface area contributed by atoms with E-state index < -0.39 is 5.95 Å². The van der Waals surface area contributed by atoms with Gasteiger partial charge < -0.3 is 4.74 Å². The van der Waals surface area contributed by atoms with Crippen molar-refractivity contribution in [1.29, 1.82) is 0 Å². The van der Waals surface area contributed by atoms with Crippen LogP contribution in [0, 0.1) is 5.95 Å². The lowest BCUT2D eigenvalue weighted by molar-refractivity contribution is 0.129. The quantitative estimate of drug-likeness (QED) is 0.712. The lowest BCUT2D eigenvalue weighted by Gasteiger charge is -2.21. The molecule has 0 radical (unpaired) electrons. The number of halogens is 2. The van der Waals surface area contributed by atoms with Crippen LogP contribution in [0.3, 0.4) is 0 Å². The van der Waals surface area contributed by atoms with E-state index in [2.05, 4.69) is 20.9 Å². The van der Waals surface area contributed by atoms with Crippen LogP contribution in [0.2, 0.25) is 0 Å². The van der Waals surface area contributed by atoms with Crippen LogP contribution < -0.4 is 4.74 Å². The molecule has 0 aliphatic carbocycles. The van der Waals surface area contributed by atoms with Gasteiger partial charge in [0.25, 0.3) is 0 Å². The monoisotopic (exact) mass is 247 g/mol. The predicted octanol–water partition coefficient (Wildman–Crippen LogP) is 3.16. The van der Waals surface area contributed by atoms with Gasteiger partial charge in [-0.2, -0.15) is 4.39 Å². The van der Waals surface area contributed by atoms with Crippen LogP contribution in [0.25, 0.3) is 0 Å². The lowest BCUT2D eigenvalue weighted by atomic mass is 10.2. The molecule has 0 aliphatic rings. The number of hydrogen-bond donors (Lipinski definition) is 0. The van der Waals surface area contributed by atoms with E-state index in [9.17, 15) is 4.39 Å². The number of hydrogen-bond acceptors (Lipinski definition) is 2. The first kappa shape index (κ1) is 10.4. The molecular weight excluding hydrogens is 237 g/mol. The number of rotatable bonds is 1. The molecule has 1 heterocycles. The van der Waals surface area contributed by atoms with E-state index in [0.29, 0.717) is 10.2 Å². The Morgan fingerprint density at radius 3 is 2.62 bits per heavy atom. The summed E-state index contributed by atoms with van der Waals surface area (Å²) in [6.07, 6.45) is 1.39. The van der Waals surface area contributed by atoms with E-state index in [4.69, 9.17) is 4.74 Å². The molecule has 0 aliphatic heterocycles. The first-order valence-electron chi connectivity index (χ1n) is 3.88. The zero-order valence-corrected chi connectivity index (χ0v) is 9.35. The van der Waals surface area contributed by atoms with Crippen molar-refractivity contribution < 1.29 is 9.13 Å². The van der Waals surface area contributed by atoms with Crippen molar-refractivity contribution >= 4 is 15.9 Å². The summed E-state index contributed by atoms with van der Waals surface area (Å²) in [7, 11) is 0. The average molecular weight is 248 g/mol. The standard InChI is InChI=1S/C9H11BrFNO/c1-9(2,3)13-7-4-8(11)12-5-6(7)10/h4-5H,1-3H3. The minimum Gasteiger partial charge on any atom is -0.487 e. The van der Waals surface area contributed by atoms with Crippen LogP contribution in [0.15, 0.2) is 16.7 Å². The fraction of sp³-hybridized carbons (Fsp3) is 0.444. The van der Waals surface area contributed by atoms with Gasteiger partial charge in [-0.1, -0.05) is 0 Å². The van der Waals surface area contributed by atoms with Gasteiger partial charge in [-0.05, 0) is 36.7 Å². The molecular formula is C9H11BrFNO. The van der Waals surface area contributed by atoms with Crippen molar-refractivity contribution in [2.75, 3.05) is 0 Å². The van der Waals surface area contributed by atoms with Gasteiger partial charge in [0.15, 0.2) is 0 Å². The van der Waals surface area contributed by atoms with Gasteiger partial charge >= 0.3 is 0 Å². The Hall–Kier alpha value is -0.640. The Morgan fingerprint density at radius 2 is 2.08 bits per heavy atom. The highest BCUT2D eigenvalue weighted by atomic mass is 79.9. The number of nitrogens with zero attached hydrogens (tertiary/aromatic N) is 1. The molecule has 0 N–H and O–H groups in total. The second kappa shape index (κ2) is 3.62. The molecule has 0 fully saturated rings. The molecule has 0 spiro atoms. The molecule has 2 nitrogen and oxygen atoms in total. The van der Waals surface area contributed by atoms with E-state index in [1.807, 2.05) is 20.8 Å². The van der Waals surface area contributed by atoms with Crippen molar-refractivity contribution in [3.8, 4) is 5.75 Å². The maximum Gasteiger partial charge on any atom is 0.216 e. The Kier molecular flexibility index (Phi) is 2.91. The van der Waals surface area contributed by atoms with Crippen molar-refractivity contribution in [3.63, 3.8) is 0 Å². The molecule has 72 valence electrons. The highest BCUT2D eigenvalue weighted by Gasteiger charge is 2.14. The predicted molar refractivity (Wildman–Crippen MR) is 52.3 cm³/mol. The molecule has 0 atom stereocenters. The van der Waals surface area contributed by atoms with E-state index in [1.54, 1.807) is 0 Å². The number of pyridine rings is 1. The van der Waals surface area contributed by atoms with Gasteiger partial charge in [-0.15, -0.1) is 0 Å². The fourth-order valence-corrected chi connectivity index (χ4v) is 1.10. The fourth-order valence-electron chi connectivity index (χ4n) is 0.804. The van der Waals surface area contributed by atoms with Gasteiger partial charge in [0.1, 0.15) is 11.4 Å². The van der Waals surface area contributed by atoms with Gasteiger partial charge in [-0.25, -0.2) is 4.98 Å². The molecule has 0 bridgehead atoms. The highest BCUT2D eigenvalue weighted by molar-refractivity contribution is 9.10. The van der Waals surface area contributed by atoms with Crippen LogP contribution in [0.1, 0.15) is 20.8 Å². The lowest BCUT2D eigenvalue weighted by Crippen LogP contribution is -2.23. The molecule has 0 saturated heterocycles. The third-order valence-electron chi connectivity index (χ3n) is 1.20. The second-order valence-electron chi connectivity index (χ2n) is 3.65. The second-order valence-corrected chi connectivity index (χ2v) is 4.51. The van der Waals surface area contributed by atoms with Crippen LogP contribution in [0.5, 0.6) is 5.75 Å². The van der Waals surface area contributed by atoms with Crippen molar-refractivity contribution in [3.05, 3.63) is 22.7 Å². The van der Waals surface area contributed by atoms with Crippen molar-refractivity contribution in [2.24, 2.45) is 0 Å². The molecule has 1 aromatic heterocycles. The zero-order chi connectivity index (χ0) is 10.1. The van der Waals surface area contributed by atoms with Gasteiger partial charge in [0, 0.05) is 12.3 Å².